The smallest absolute Gasteiger partial charge is 0.145 e. The average molecular weight is 661 g/mol. The first-order valence-corrected chi connectivity index (χ1v) is 18.0. The molecule has 0 aliphatic heterocycles. The molecule has 2 nitrogen and oxygen atoms in total. The molecule has 1 heterocycles. The first-order valence-electron chi connectivity index (χ1n) is 18.0. The maximum absolute atomic E-state index is 5.07. The van der Waals surface area contributed by atoms with Crippen LogP contribution in [0.4, 0.5) is 0 Å². The summed E-state index contributed by atoms with van der Waals surface area (Å²) >= 11 is 0. The molecule has 0 bridgehead atoms. The summed E-state index contributed by atoms with van der Waals surface area (Å²) in [5, 5.41) is 0. The predicted octanol–water partition coefficient (Wildman–Crippen LogP) is 12.4. The number of nitrogens with zero attached hydrogens (tertiary/aromatic N) is 2. The van der Waals surface area contributed by atoms with Crippen LogP contribution in [0.25, 0.3) is 72.6 Å². The van der Waals surface area contributed by atoms with Crippen molar-refractivity contribution in [2.75, 3.05) is 0 Å². The number of aromatic nitrogens is 2. The Morgan fingerprint density at radius 3 is 1.46 bits per heavy atom. The molecule has 11 rings (SSSR count). The standard InChI is InChI=1S/C50H32N2/c1-2-14-34(15-3-1)49-51-47-24-12-13-25-48(47)52(49)36-29-26-33(27-30-36)35-28-31-42-38-17-5-4-16-37(38)39-18-6-9-21-43(39)50(46(42)32-35)44-22-10-7-19-40(44)41-20-8-11-23-45(41)50/h1-32H. The molecule has 0 amide bonds. The molecule has 0 radical (unpaired) electrons. The minimum Gasteiger partial charge on any atom is -0.292 e. The highest BCUT2D eigenvalue weighted by atomic mass is 15.1. The van der Waals surface area contributed by atoms with Crippen LogP contribution in [-0.4, -0.2) is 9.55 Å². The van der Waals surface area contributed by atoms with Crippen molar-refractivity contribution in [1.29, 1.82) is 0 Å². The van der Waals surface area contributed by atoms with Crippen molar-refractivity contribution in [2.24, 2.45) is 0 Å². The van der Waals surface area contributed by atoms with Crippen molar-refractivity contribution in [3.8, 4) is 61.6 Å². The SMILES string of the molecule is c1ccc(-c2nc3ccccc3n2-c2ccc(-c3ccc4c(c3)C3(c5ccccc5-c5ccccc5-4)c4ccccc4-c4ccccc43)cc2)cc1. The van der Waals surface area contributed by atoms with E-state index in [9.17, 15) is 0 Å². The Morgan fingerprint density at radius 2 is 0.827 bits per heavy atom. The summed E-state index contributed by atoms with van der Waals surface area (Å²) in [5.74, 6) is 0.942. The Labute approximate surface area is 303 Å². The molecule has 1 aromatic heterocycles. The molecule has 242 valence electrons. The number of imidazole rings is 1. The van der Waals surface area contributed by atoms with E-state index in [1.54, 1.807) is 0 Å². The fourth-order valence-electron chi connectivity index (χ4n) is 9.10. The van der Waals surface area contributed by atoms with Crippen LogP contribution in [0.3, 0.4) is 0 Å². The summed E-state index contributed by atoms with van der Waals surface area (Å²) < 4.78 is 2.28. The van der Waals surface area contributed by atoms with E-state index >= 15 is 0 Å². The van der Waals surface area contributed by atoms with Gasteiger partial charge in [0.25, 0.3) is 0 Å². The van der Waals surface area contributed by atoms with Gasteiger partial charge < -0.3 is 0 Å². The lowest BCUT2D eigenvalue weighted by atomic mass is 9.65. The van der Waals surface area contributed by atoms with Crippen LogP contribution in [0.5, 0.6) is 0 Å². The van der Waals surface area contributed by atoms with E-state index in [4.69, 9.17) is 4.98 Å². The Kier molecular flexibility index (Phi) is 6.20. The fourth-order valence-corrected chi connectivity index (χ4v) is 9.10. The van der Waals surface area contributed by atoms with Crippen molar-refractivity contribution in [3.05, 3.63) is 216 Å². The first kappa shape index (κ1) is 29.0. The van der Waals surface area contributed by atoms with Gasteiger partial charge >= 0.3 is 0 Å². The third kappa shape index (κ3) is 3.98. The van der Waals surface area contributed by atoms with Crippen LogP contribution in [-0.2, 0) is 5.41 Å². The molecular formula is C50H32N2. The molecule has 0 N–H and O–H groups in total. The van der Waals surface area contributed by atoms with Gasteiger partial charge in [-0.25, -0.2) is 4.98 Å². The molecule has 2 aliphatic carbocycles. The molecule has 9 aromatic rings. The Balaban J connectivity index is 1.15. The van der Waals surface area contributed by atoms with Gasteiger partial charge in [-0.3, -0.25) is 4.57 Å². The van der Waals surface area contributed by atoms with Crippen LogP contribution >= 0.6 is 0 Å². The highest BCUT2D eigenvalue weighted by molar-refractivity contribution is 5.98. The second-order valence-corrected chi connectivity index (χ2v) is 13.9. The summed E-state index contributed by atoms with van der Waals surface area (Å²) in [6.07, 6.45) is 0. The summed E-state index contributed by atoms with van der Waals surface area (Å²) in [4.78, 5) is 5.07. The van der Waals surface area contributed by atoms with Gasteiger partial charge in [0.2, 0.25) is 0 Å². The van der Waals surface area contributed by atoms with Crippen molar-refractivity contribution in [1.82, 2.24) is 9.55 Å². The number of benzene rings is 8. The molecular weight excluding hydrogens is 629 g/mol. The molecule has 1 spiro atoms. The number of hydrogen-bond acceptors (Lipinski definition) is 1. The summed E-state index contributed by atoms with van der Waals surface area (Å²) in [5.41, 5.74) is 19.2. The minimum atomic E-state index is -0.492. The van der Waals surface area contributed by atoms with Crippen molar-refractivity contribution < 1.29 is 0 Å². The molecule has 0 atom stereocenters. The van der Waals surface area contributed by atoms with E-state index < -0.39 is 5.41 Å². The van der Waals surface area contributed by atoms with Gasteiger partial charge in [-0.15, -0.1) is 0 Å². The van der Waals surface area contributed by atoms with Crippen LogP contribution in [0.2, 0.25) is 0 Å². The largest absolute Gasteiger partial charge is 0.292 e. The molecule has 0 saturated carbocycles. The Bertz CT molecular complexity index is 2800. The zero-order valence-electron chi connectivity index (χ0n) is 28.4. The second-order valence-electron chi connectivity index (χ2n) is 13.9. The quantitative estimate of drug-likeness (QED) is 0.184. The van der Waals surface area contributed by atoms with Crippen molar-refractivity contribution in [3.63, 3.8) is 0 Å². The summed E-state index contributed by atoms with van der Waals surface area (Å²) in [6, 6.07) is 71.1. The van der Waals surface area contributed by atoms with E-state index in [0.717, 1.165) is 28.1 Å². The number of para-hydroxylation sites is 2. The lowest BCUT2D eigenvalue weighted by molar-refractivity contribution is 0.776. The lowest BCUT2D eigenvalue weighted by Gasteiger charge is -2.35. The highest BCUT2D eigenvalue weighted by Crippen LogP contribution is 2.61. The Hall–Kier alpha value is -6.77. The molecule has 2 heteroatoms. The third-order valence-corrected chi connectivity index (χ3v) is 11.3. The Morgan fingerprint density at radius 1 is 0.346 bits per heavy atom. The lowest BCUT2D eigenvalue weighted by Crippen LogP contribution is -2.29. The number of rotatable bonds is 3. The third-order valence-electron chi connectivity index (χ3n) is 11.3. The van der Waals surface area contributed by atoms with Crippen molar-refractivity contribution in [2.45, 2.75) is 5.41 Å². The van der Waals surface area contributed by atoms with Crippen LogP contribution < -0.4 is 0 Å². The molecule has 2 aliphatic rings. The van der Waals surface area contributed by atoms with E-state index in [1.807, 2.05) is 0 Å². The van der Waals surface area contributed by atoms with Crippen molar-refractivity contribution >= 4 is 11.0 Å². The maximum Gasteiger partial charge on any atom is 0.145 e. The van der Waals surface area contributed by atoms with Gasteiger partial charge in [0.05, 0.1) is 16.4 Å². The van der Waals surface area contributed by atoms with Gasteiger partial charge in [-0.2, -0.15) is 0 Å². The van der Waals surface area contributed by atoms with Gasteiger partial charge in [0.1, 0.15) is 5.82 Å². The topological polar surface area (TPSA) is 17.8 Å². The number of fused-ring (bicyclic) bond motifs is 13. The highest BCUT2D eigenvalue weighted by Gasteiger charge is 2.49. The zero-order valence-corrected chi connectivity index (χ0v) is 28.4. The van der Waals surface area contributed by atoms with E-state index in [0.29, 0.717) is 0 Å². The average Bonchev–Trinajstić information content (AvgIpc) is 3.72. The van der Waals surface area contributed by atoms with E-state index in [-0.39, 0.29) is 0 Å². The minimum absolute atomic E-state index is 0.492. The molecule has 0 fully saturated rings. The molecule has 0 saturated heterocycles. The molecule has 8 aromatic carbocycles. The second kappa shape index (κ2) is 11.1. The maximum atomic E-state index is 5.07. The normalized spacial score (nSPS) is 13.2. The monoisotopic (exact) mass is 660 g/mol. The first-order chi connectivity index (χ1) is 25.8. The summed E-state index contributed by atoms with van der Waals surface area (Å²) in [7, 11) is 0. The van der Waals surface area contributed by atoms with Crippen LogP contribution in [0, 0.1) is 0 Å². The van der Waals surface area contributed by atoms with Gasteiger partial charge in [-0.05, 0) is 97.1 Å². The van der Waals surface area contributed by atoms with Gasteiger partial charge in [-0.1, -0.05) is 164 Å². The van der Waals surface area contributed by atoms with Gasteiger partial charge in [0, 0.05) is 11.3 Å². The predicted molar refractivity (Wildman–Crippen MR) is 214 cm³/mol. The van der Waals surface area contributed by atoms with E-state index in [1.165, 1.54) is 66.8 Å². The zero-order chi connectivity index (χ0) is 34.2. The fraction of sp³-hybridized carbons (Fsp3) is 0.0200. The van der Waals surface area contributed by atoms with E-state index in [2.05, 4.69) is 199 Å². The molecule has 52 heavy (non-hydrogen) atoms. The number of hydrogen-bond donors (Lipinski definition) is 0. The van der Waals surface area contributed by atoms with Crippen LogP contribution in [0.15, 0.2) is 194 Å². The van der Waals surface area contributed by atoms with Crippen LogP contribution in [0.1, 0.15) is 22.3 Å². The van der Waals surface area contributed by atoms with Gasteiger partial charge in [0.15, 0.2) is 0 Å². The molecule has 0 unspecified atom stereocenters. The summed E-state index contributed by atoms with van der Waals surface area (Å²) in [6.45, 7) is 0.